The smallest absolute Gasteiger partial charge is 0.124 e. The van der Waals surface area contributed by atoms with Crippen molar-refractivity contribution in [2.24, 2.45) is 5.92 Å². The molecule has 8 heavy (non-hydrogen) atoms. The fourth-order valence-electron chi connectivity index (χ4n) is 0.836. The highest BCUT2D eigenvalue weighted by atomic mass is 16.1. The molecule has 0 spiro atoms. The third-order valence-corrected chi connectivity index (χ3v) is 1.44. The first kappa shape index (κ1) is 5.33. The van der Waals surface area contributed by atoms with Crippen molar-refractivity contribution in [3.8, 4) is 0 Å². The standard InChI is InChI=1S/C7H8O/c1-6-3-2-4-7(6)5-8/h2-3,6H,4H2,1H3. The zero-order valence-corrected chi connectivity index (χ0v) is 4.85. The Labute approximate surface area is 48.7 Å². The third kappa shape index (κ3) is 0.728. The van der Waals surface area contributed by atoms with Gasteiger partial charge in [-0.1, -0.05) is 19.1 Å². The third-order valence-electron chi connectivity index (χ3n) is 1.44. The molecule has 1 unspecified atom stereocenters. The molecule has 1 nitrogen and oxygen atoms in total. The van der Waals surface area contributed by atoms with Crippen molar-refractivity contribution in [3.63, 3.8) is 0 Å². The molecule has 1 heteroatoms. The van der Waals surface area contributed by atoms with E-state index in [-0.39, 0.29) is 0 Å². The van der Waals surface area contributed by atoms with Crippen molar-refractivity contribution in [1.82, 2.24) is 0 Å². The Morgan fingerprint density at radius 3 is 2.88 bits per heavy atom. The van der Waals surface area contributed by atoms with Crippen molar-refractivity contribution in [1.29, 1.82) is 0 Å². The molecule has 0 amide bonds. The maximum Gasteiger partial charge on any atom is 0.124 e. The molecule has 0 radical (unpaired) electrons. The van der Waals surface area contributed by atoms with Gasteiger partial charge in [0.05, 0.1) is 0 Å². The van der Waals surface area contributed by atoms with Crippen LogP contribution >= 0.6 is 0 Å². The second-order valence-electron chi connectivity index (χ2n) is 2.05. The zero-order valence-electron chi connectivity index (χ0n) is 4.85. The van der Waals surface area contributed by atoms with Crippen LogP contribution in [0, 0.1) is 5.92 Å². The van der Waals surface area contributed by atoms with E-state index in [2.05, 4.69) is 0 Å². The Bertz CT molecular complexity index is 161. The van der Waals surface area contributed by atoms with Crippen LogP contribution in [0.4, 0.5) is 0 Å². The molecule has 42 valence electrons. The van der Waals surface area contributed by atoms with Crippen LogP contribution in [0.25, 0.3) is 0 Å². The summed E-state index contributed by atoms with van der Waals surface area (Å²) in [6.07, 6.45) is 4.84. The van der Waals surface area contributed by atoms with Gasteiger partial charge in [-0.3, -0.25) is 0 Å². The fraction of sp³-hybridized carbons (Fsp3) is 0.429. The predicted octanol–water partition coefficient (Wildman–Crippen LogP) is 1.34. The summed E-state index contributed by atoms with van der Waals surface area (Å²) in [5, 5.41) is 0. The molecular formula is C7H8O. The summed E-state index contributed by atoms with van der Waals surface area (Å²) in [7, 11) is 0. The van der Waals surface area contributed by atoms with E-state index >= 15 is 0 Å². The second kappa shape index (κ2) is 1.97. The molecule has 0 aromatic heterocycles. The van der Waals surface area contributed by atoms with Crippen LogP contribution in [0.1, 0.15) is 13.3 Å². The fourth-order valence-corrected chi connectivity index (χ4v) is 0.836. The van der Waals surface area contributed by atoms with Gasteiger partial charge in [-0.25, -0.2) is 4.79 Å². The van der Waals surface area contributed by atoms with Gasteiger partial charge in [0.1, 0.15) is 5.94 Å². The van der Waals surface area contributed by atoms with Gasteiger partial charge in [0.25, 0.3) is 0 Å². The van der Waals surface area contributed by atoms with E-state index in [1.807, 2.05) is 25.0 Å². The normalized spacial score (nSPS) is 26.1. The summed E-state index contributed by atoms with van der Waals surface area (Å²) in [4.78, 5) is 10.0. The molecule has 1 aliphatic carbocycles. The SMILES string of the molecule is CC1C=CCC1=C=O. The minimum atomic E-state index is 0.340. The van der Waals surface area contributed by atoms with Crippen molar-refractivity contribution >= 4 is 5.94 Å². The molecule has 0 aliphatic heterocycles. The Morgan fingerprint density at radius 2 is 2.62 bits per heavy atom. The lowest BCUT2D eigenvalue weighted by Gasteiger charge is -1.93. The molecule has 1 rings (SSSR count). The van der Waals surface area contributed by atoms with Gasteiger partial charge in [0, 0.05) is 11.5 Å². The monoisotopic (exact) mass is 108 g/mol. The molecule has 0 aromatic carbocycles. The highest BCUT2D eigenvalue weighted by Crippen LogP contribution is 2.19. The summed E-state index contributed by atoms with van der Waals surface area (Å²) >= 11 is 0. The minimum Gasteiger partial charge on any atom is -0.234 e. The number of carbonyl (C=O) groups excluding carboxylic acids is 1. The predicted molar refractivity (Wildman–Crippen MR) is 32.1 cm³/mol. The summed E-state index contributed by atoms with van der Waals surface area (Å²) in [6, 6.07) is 0. The summed E-state index contributed by atoms with van der Waals surface area (Å²) in [5.41, 5.74) is 0.880. The van der Waals surface area contributed by atoms with E-state index in [9.17, 15) is 4.79 Å². The van der Waals surface area contributed by atoms with Crippen LogP contribution in [-0.4, -0.2) is 5.94 Å². The van der Waals surface area contributed by atoms with Gasteiger partial charge in [-0.05, 0) is 6.42 Å². The molecule has 1 aliphatic rings. The van der Waals surface area contributed by atoms with E-state index in [0.717, 1.165) is 12.0 Å². The maximum absolute atomic E-state index is 10.0. The molecule has 0 fully saturated rings. The van der Waals surface area contributed by atoms with Crippen LogP contribution in [0.5, 0.6) is 0 Å². The highest BCUT2D eigenvalue weighted by molar-refractivity contribution is 5.56. The van der Waals surface area contributed by atoms with Crippen molar-refractivity contribution in [2.45, 2.75) is 13.3 Å². The Morgan fingerprint density at radius 1 is 1.88 bits per heavy atom. The Kier molecular flexibility index (Phi) is 1.32. The zero-order chi connectivity index (χ0) is 5.98. The van der Waals surface area contributed by atoms with Gasteiger partial charge in [0.2, 0.25) is 0 Å². The topological polar surface area (TPSA) is 17.1 Å². The van der Waals surface area contributed by atoms with Crippen LogP contribution < -0.4 is 0 Å². The molecule has 0 aromatic rings. The molecule has 0 heterocycles. The maximum atomic E-state index is 10.0. The van der Waals surface area contributed by atoms with E-state index in [0.29, 0.717) is 5.92 Å². The van der Waals surface area contributed by atoms with Gasteiger partial charge < -0.3 is 0 Å². The van der Waals surface area contributed by atoms with Crippen molar-refractivity contribution in [3.05, 3.63) is 17.7 Å². The molecule has 0 saturated heterocycles. The molecule has 0 saturated carbocycles. The summed E-state index contributed by atoms with van der Waals surface area (Å²) in [5.74, 6) is 2.26. The van der Waals surface area contributed by atoms with E-state index in [1.165, 1.54) is 0 Å². The second-order valence-corrected chi connectivity index (χ2v) is 2.05. The number of hydrogen-bond acceptors (Lipinski definition) is 1. The van der Waals surface area contributed by atoms with Crippen LogP contribution in [-0.2, 0) is 4.79 Å². The van der Waals surface area contributed by atoms with Crippen molar-refractivity contribution in [2.75, 3.05) is 0 Å². The quantitative estimate of drug-likeness (QED) is 0.338. The molecular weight excluding hydrogens is 100 g/mol. The van der Waals surface area contributed by atoms with Crippen LogP contribution in [0.15, 0.2) is 17.7 Å². The largest absolute Gasteiger partial charge is 0.234 e. The first-order chi connectivity index (χ1) is 3.84. The number of hydrogen-bond donors (Lipinski definition) is 0. The summed E-state index contributed by atoms with van der Waals surface area (Å²) < 4.78 is 0. The van der Waals surface area contributed by atoms with Gasteiger partial charge in [-0.15, -0.1) is 0 Å². The Hall–Kier alpha value is -0.810. The Balaban J connectivity index is 2.79. The van der Waals surface area contributed by atoms with E-state index < -0.39 is 0 Å². The van der Waals surface area contributed by atoms with E-state index in [1.54, 1.807) is 0 Å². The van der Waals surface area contributed by atoms with Crippen LogP contribution in [0.3, 0.4) is 0 Å². The van der Waals surface area contributed by atoms with E-state index in [4.69, 9.17) is 0 Å². The van der Waals surface area contributed by atoms with Gasteiger partial charge >= 0.3 is 0 Å². The highest BCUT2D eigenvalue weighted by Gasteiger charge is 2.09. The summed E-state index contributed by atoms with van der Waals surface area (Å²) in [6.45, 7) is 2.00. The van der Waals surface area contributed by atoms with Crippen molar-refractivity contribution < 1.29 is 4.79 Å². The van der Waals surface area contributed by atoms with Gasteiger partial charge in [0.15, 0.2) is 0 Å². The molecule has 0 bridgehead atoms. The minimum absolute atomic E-state index is 0.340. The average molecular weight is 108 g/mol. The number of allylic oxidation sites excluding steroid dienone is 3. The molecule has 1 atom stereocenters. The van der Waals surface area contributed by atoms with Gasteiger partial charge in [-0.2, -0.15) is 0 Å². The lowest BCUT2D eigenvalue weighted by molar-refractivity contribution is 0.564. The molecule has 0 N–H and O–H groups in total. The first-order valence-electron chi connectivity index (χ1n) is 2.75. The number of rotatable bonds is 0. The average Bonchev–Trinajstić information content (AvgIpc) is 2.14. The van der Waals surface area contributed by atoms with Crippen LogP contribution in [0.2, 0.25) is 0 Å². The lowest BCUT2D eigenvalue weighted by Crippen LogP contribution is -1.87. The first-order valence-corrected chi connectivity index (χ1v) is 2.75. The lowest BCUT2D eigenvalue weighted by atomic mass is 10.1.